The van der Waals surface area contributed by atoms with Crippen molar-refractivity contribution in [2.24, 2.45) is 0 Å². The molecule has 2 N–H and O–H groups in total. The highest BCUT2D eigenvalue weighted by Crippen LogP contribution is 2.32. The van der Waals surface area contributed by atoms with E-state index in [0.29, 0.717) is 35.2 Å². The number of hydrogen-bond donors (Lipinski definition) is 2. The Hall–Kier alpha value is -3.55. The number of ether oxygens (including phenoxy) is 2. The van der Waals surface area contributed by atoms with E-state index in [4.69, 9.17) is 9.47 Å². The van der Waals surface area contributed by atoms with Crippen molar-refractivity contribution < 1.29 is 23.9 Å². The third-order valence-electron chi connectivity index (χ3n) is 4.67. The van der Waals surface area contributed by atoms with Crippen LogP contribution in [0.25, 0.3) is 0 Å². The standard InChI is InChI=1S/C21H21N3O5/c1-2-9-28-15-6-4-14(5-7-15)24-20(26)11-17(21(24)27)22-13-3-8-18-16(10-13)23-19(25)12-29-18/h3-8,10,17,22H,2,9,11-12H2,1H3,(H,23,25)/t17-/m0/s1. The van der Waals surface area contributed by atoms with Gasteiger partial charge < -0.3 is 20.1 Å². The molecule has 1 fully saturated rings. The smallest absolute Gasteiger partial charge is 0.262 e. The molecule has 2 aromatic rings. The fraction of sp³-hybridized carbons (Fsp3) is 0.286. The molecule has 2 aliphatic rings. The number of benzene rings is 2. The van der Waals surface area contributed by atoms with Gasteiger partial charge in [-0.05, 0) is 48.9 Å². The lowest BCUT2D eigenvalue weighted by molar-refractivity contribution is -0.121. The molecular formula is C21H21N3O5. The van der Waals surface area contributed by atoms with Gasteiger partial charge >= 0.3 is 0 Å². The van der Waals surface area contributed by atoms with E-state index in [9.17, 15) is 14.4 Å². The molecule has 2 aromatic carbocycles. The largest absolute Gasteiger partial charge is 0.494 e. The first-order chi connectivity index (χ1) is 14.0. The summed E-state index contributed by atoms with van der Waals surface area (Å²) < 4.78 is 10.9. The average molecular weight is 395 g/mol. The second-order valence-electron chi connectivity index (χ2n) is 6.86. The summed E-state index contributed by atoms with van der Waals surface area (Å²) in [6, 6.07) is 11.4. The lowest BCUT2D eigenvalue weighted by Crippen LogP contribution is -2.34. The van der Waals surface area contributed by atoms with E-state index in [-0.39, 0.29) is 30.7 Å². The van der Waals surface area contributed by atoms with Gasteiger partial charge in [-0.2, -0.15) is 0 Å². The third-order valence-corrected chi connectivity index (χ3v) is 4.67. The molecule has 150 valence electrons. The molecule has 0 spiro atoms. The summed E-state index contributed by atoms with van der Waals surface area (Å²) in [5.74, 6) is 0.428. The van der Waals surface area contributed by atoms with E-state index >= 15 is 0 Å². The first kappa shape index (κ1) is 18.8. The molecule has 1 atom stereocenters. The Bertz CT molecular complexity index is 957. The van der Waals surface area contributed by atoms with E-state index in [0.717, 1.165) is 6.42 Å². The first-order valence-corrected chi connectivity index (χ1v) is 9.48. The van der Waals surface area contributed by atoms with Gasteiger partial charge in [-0.3, -0.25) is 14.4 Å². The van der Waals surface area contributed by atoms with Gasteiger partial charge in [0, 0.05) is 5.69 Å². The van der Waals surface area contributed by atoms with Crippen LogP contribution in [0.2, 0.25) is 0 Å². The van der Waals surface area contributed by atoms with Crippen LogP contribution in [0.4, 0.5) is 17.1 Å². The van der Waals surface area contributed by atoms with Crippen molar-refractivity contribution in [3.05, 3.63) is 42.5 Å². The zero-order valence-corrected chi connectivity index (χ0v) is 15.9. The molecule has 0 aromatic heterocycles. The van der Waals surface area contributed by atoms with Crippen LogP contribution in [0.5, 0.6) is 11.5 Å². The summed E-state index contributed by atoms with van der Waals surface area (Å²) in [4.78, 5) is 38.0. The van der Waals surface area contributed by atoms with Crippen molar-refractivity contribution in [1.29, 1.82) is 0 Å². The Balaban J connectivity index is 1.47. The number of fused-ring (bicyclic) bond motifs is 1. The molecule has 2 heterocycles. The number of nitrogens with one attached hydrogen (secondary N) is 2. The van der Waals surface area contributed by atoms with Crippen LogP contribution in [0, 0.1) is 0 Å². The monoisotopic (exact) mass is 395 g/mol. The number of anilines is 3. The Kier molecular flexibility index (Phi) is 5.07. The fourth-order valence-electron chi connectivity index (χ4n) is 3.30. The van der Waals surface area contributed by atoms with Crippen LogP contribution in [0.1, 0.15) is 19.8 Å². The Morgan fingerprint density at radius 1 is 1.17 bits per heavy atom. The number of amides is 3. The van der Waals surface area contributed by atoms with Crippen molar-refractivity contribution in [3.8, 4) is 11.5 Å². The van der Waals surface area contributed by atoms with Gasteiger partial charge in [-0.1, -0.05) is 6.92 Å². The lowest BCUT2D eigenvalue weighted by atomic mass is 10.2. The molecule has 8 nitrogen and oxygen atoms in total. The highest BCUT2D eigenvalue weighted by atomic mass is 16.5. The number of carbonyl (C=O) groups is 3. The second kappa shape index (κ2) is 7.83. The number of hydrogen-bond acceptors (Lipinski definition) is 6. The predicted octanol–water partition coefficient (Wildman–Crippen LogP) is 2.55. The SMILES string of the molecule is CCCOc1ccc(N2C(=O)C[C@H](Nc3ccc4c(c3)NC(=O)CO4)C2=O)cc1. The Labute approximate surface area is 167 Å². The fourth-order valence-corrected chi connectivity index (χ4v) is 3.30. The zero-order chi connectivity index (χ0) is 20.4. The molecule has 0 aliphatic carbocycles. The number of rotatable bonds is 6. The number of imide groups is 1. The van der Waals surface area contributed by atoms with Crippen LogP contribution in [0.3, 0.4) is 0 Å². The van der Waals surface area contributed by atoms with E-state index in [2.05, 4.69) is 10.6 Å². The maximum Gasteiger partial charge on any atom is 0.262 e. The predicted molar refractivity (Wildman–Crippen MR) is 107 cm³/mol. The molecule has 0 radical (unpaired) electrons. The van der Waals surface area contributed by atoms with E-state index in [1.807, 2.05) is 6.92 Å². The van der Waals surface area contributed by atoms with E-state index < -0.39 is 6.04 Å². The molecule has 0 bridgehead atoms. The van der Waals surface area contributed by atoms with Crippen LogP contribution in [-0.2, 0) is 14.4 Å². The van der Waals surface area contributed by atoms with Gasteiger partial charge in [-0.25, -0.2) is 4.90 Å². The van der Waals surface area contributed by atoms with Gasteiger partial charge in [0.05, 0.1) is 24.4 Å². The zero-order valence-electron chi connectivity index (χ0n) is 15.9. The summed E-state index contributed by atoms with van der Waals surface area (Å²) in [6.07, 6.45) is 0.948. The van der Waals surface area contributed by atoms with Gasteiger partial charge in [0.2, 0.25) is 5.91 Å². The third kappa shape index (κ3) is 3.87. The molecule has 4 rings (SSSR count). The van der Waals surface area contributed by atoms with Crippen LogP contribution < -0.4 is 25.0 Å². The van der Waals surface area contributed by atoms with E-state index in [1.54, 1.807) is 42.5 Å². The highest BCUT2D eigenvalue weighted by molar-refractivity contribution is 6.23. The molecule has 3 amide bonds. The van der Waals surface area contributed by atoms with Crippen molar-refractivity contribution in [2.45, 2.75) is 25.8 Å². The molecule has 1 saturated heterocycles. The molecule has 8 heteroatoms. The molecule has 0 saturated carbocycles. The lowest BCUT2D eigenvalue weighted by Gasteiger charge is -2.20. The molecule has 0 unspecified atom stereocenters. The summed E-state index contributed by atoms with van der Waals surface area (Å²) in [7, 11) is 0. The Morgan fingerprint density at radius 3 is 2.72 bits per heavy atom. The van der Waals surface area contributed by atoms with Gasteiger partial charge in [0.15, 0.2) is 6.61 Å². The van der Waals surface area contributed by atoms with Crippen LogP contribution in [-0.4, -0.2) is 37.0 Å². The summed E-state index contributed by atoms with van der Waals surface area (Å²) >= 11 is 0. The molecule has 2 aliphatic heterocycles. The van der Waals surface area contributed by atoms with Gasteiger partial charge in [0.1, 0.15) is 17.5 Å². The van der Waals surface area contributed by atoms with Crippen molar-refractivity contribution in [3.63, 3.8) is 0 Å². The van der Waals surface area contributed by atoms with Crippen molar-refractivity contribution in [1.82, 2.24) is 0 Å². The van der Waals surface area contributed by atoms with E-state index in [1.165, 1.54) is 4.90 Å². The summed E-state index contributed by atoms with van der Waals surface area (Å²) in [5.41, 5.74) is 1.66. The summed E-state index contributed by atoms with van der Waals surface area (Å²) in [6.45, 7) is 2.61. The summed E-state index contributed by atoms with van der Waals surface area (Å²) in [5, 5.41) is 5.80. The van der Waals surface area contributed by atoms with Gasteiger partial charge in [0.25, 0.3) is 11.8 Å². The van der Waals surface area contributed by atoms with Crippen LogP contribution >= 0.6 is 0 Å². The maximum absolute atomic E-state index is 12.8. The maximum atomic E-state index is 12.8. The van der Waals surface area contributed by atoms with Crippen molar-refractivity contribution in [2.75, 3.05) is 28.7 Å². The normalized spacial score (nSPS) is 18.2. The topological polar surface area (TPSA) is 97.0 Å². The first-order valence-electron chi connectivity index (χ1n) is 9.48. The van der Waals surface area contributed by atoms with Crippen molar-refractivity contribution >= 4 is 34.8 Å². The number of nitrogens with zero attached hydrogens (tertiary/aromatic N) is 1. The number of carbonyl (C=O) groups excluding carboxylic acids is 3. The Morgan fingerprint density at radius 2 is 1.97 bits per heavy atom. The highest BCUT2D eigenvalue weighted by Gasteiger charge is 2.39. The molecular weight excluding hydrogens is 374 g/mol. The second-order valence-corrected chi connectivity index (χ2v) is 6.86. The minimum atomic E-state index is -0.684. The van der Waals surface area contributed by atoms with Gasteiger partial charge in [-0.15, -0.1) is 0 Å². The molecule has 29 heavy (non-hydrogen) atoms. The van der Waals surface area contributed by atoms with Crippen LogP contribution in [0.15, 0.2) is 42.5 Å². The minimum absolute atomic E-state index is 0.0212. The quantitative estimate of drug-likeness (QED) is 0.730. The minimum Gasteiger partial charge on any atom is -0.494 e. The average Bonchev–Trinajstić information content (AvgIpc) is 2.99.